The van der Waals surface area contributed by atoms with Crippen LogP contribution in [-0.4, -0.2) is 23.0 Å². The van der Waals surface area contributed by atoms with Crippen LogP contribution in [0.5, 0.6) is 0 Å². The molecule has 2 aromatic rings. The Morgan fingerprint density at radius 2 is 1.58 bits per heavy atom. The van der Waals surface area contributed by atoms with Crippen LogP contribution in [0.3, 0.4) is 0 Å². The van der Waals surface area contributed by atoms with E-state index in [1.165, 1.54) is 0 Å². The first-order valence-corrected chi connectivity index (χ1v) is 8.35. The third-order valence-corrected chi connectivity index (χ3v) is 4.56. The first-order chi connectivity index (χ1) is 11.6. The summed E-state index contributed by atoms with van der Waals surface area (Å²) in [6.45, 7) is 2.00. The predicted octanol–water partition coefficient (Wildman–Crippen LogP) is 3.56. The van der Waals surface area contributed by atoms with Gasteiger partial charge in [0.25, 0.3) is 0 Å². The summed E-state index contributed by atoms with van der Waals surface area (Å²) in [6, 6.07) is 14.8. The molecular formula is C20H21NO3. The number of rotatable bonds is 6. The van der Waals surface area contributed by atoms with Gasteiger partial charge >= 0.3 is 5.97 Å². The minimum absolute atomic E-state index is 0.240. The number of hydrogen-bond donors (Lipinski definition) is 2. The smallest absolute Gasteiger partial charge is 0.326 e. The molecule has 1 aliphatic rings. The molecule has 1 amide bonds. The summed E-state index contributed by atoms with van der Waals surface area (Å²) in [5.41, 5.74) is 3.98. The largest absolute Gasteiger partial charge is 0.480 e. The van der Waals surface area contributed by atoms with Crippen LogP contribution < -0.4 is 5.32 Å². The third-order valence-electron chi connectivity index (χ3n) is 4.56. The molecule has 3 rings (SSSR count). The van der Waals surface area contributed by atoms with E-state index in [1.807, 2.05) is 55.5 Å². The number of carbonyl (C=O) groups is 2. The molecule has 24 heavy (non-hydrogen) atoms. The highest BCUT2D eigenvalue weighted by molar-refractivity contribution is 5.97. The molecule has 0 saturated carbocycles. The summed E-state index contributed by atoms with van der Waals surface area (Å²) in [6.07, 6.45) is 2.12. The molecule has 0 saturated heterocycles. The quantitative estimate of drug-likeness (QED) is 0.854. The summed E-state index contributed by atoms with van der Waals surface area (Å²) in [4.78, 5) is 24.3. The van der Waals surface area contributed by atoms with E-state index in [0.29, 0.717) is 6.42 Å². The average molecular weight is 323 g/mol. The van der Waals surface area contributed by atoms with Crippen LogP contribution in [0.2, 0.25) is 0 Å². The van der Waals surface area contributed by atoms with Crippen molar-refractivity contribution >= 4 is 11.9 Å². The Morgan fingerprint density at radius 1 is 1.04 bits per heavy atom. The number of carboxylic acids is 1. The molecule has 2 N–H and O–H groups in total. The number of aliphatic carboxylic acids is 1. The highest BCUT2D eigenvalue weighted by Gasteiger charge is 2.34. The molecule has 0 heterocycles. The van der Waals surface area contributed by atoms with E-state index in [-0.39, 0.29) is 5.91 Å². The van der Waals surface area contributed by atoms with Crippen molar-refractivity contribution in [1.82, 2.24) is 5.32 Å². The van der Waals surface area contributed by atoms with Crippen molar-refractivity contribution in [2.75, 3.05) is 0 Å². The zero-order valence-corrected chi connectivity index (χ0v) is 13.7. The lowest BCUT2D eigenvalue weighted by Crippen LogP contribution is -2.42. The van der Waals surface area contributed by atoms with Crippen LogP contribution in [0.1, 0.15) is 43.2 Å². The summed E-state index contributed by atoms with van der Waals surface area (Å²) in [5, 5.41) is 12.1. The Hall–Kier alpha value is -2.62. The zero-order chi connectivity index (χ0) is 17.1. The molecule has 0 bridgehead atoms. The molecular weight excluding hydrogens is 302 g/mol. The summed E-state index contributed by atoms with van der Waals surface area (Å²) in [7, 11) is 0. The van der Waals surface area contributed by atoms with Gasteiger partial charge in [-0.15, -0.1) is 0 Å². The van der Waals surface area contributed by atoms with Crippen LogP contribution in [0.4, 0.5) is 0 Å². The van der Waals surface area contributed by atoms with E-state index in [4.69, 9.17) is 0 Å². The van der Waals surface area contributed by atoms with Crippen LogP contribution in [0.15, 0.2) is 48.5 Å². The van der Waals surface area contributed by atoms with Gasteiger partial charge in [0.15, 0.2) is 0 Å². The Balaban J connectivity index is 1.91. The lowest BCUT2D eigenvalue weighted by atomic mass is 9.95. The molecule has 0 aromatic heterocycles. The zero-order valence-electron chi connectivity index (χ0n) is 13.7. The van der Waals surface area contributed by atoms with Crippen LogP contribution in [0.25, 0.3) is 11.1 Å². The van der Waals surface area contributed by atoms with E-state index in [0.717, 1.165) is 35.1 Å². The average Bonchev–Trinajstić information content (AvgIpc) is 2.93. The van der Waals surface area contributed by atoms with Crippen molar-refractivity contribution in [2.45, 2.75) is 38.1 Å². The normalized spacial score (nSPS) is 13.9. The second kappa shape index (κ2) is 6.87. The van der Waals surface area contributed by atoms with E-state index < -0.39 is 17.9 Å². The maximum atomic E-state index is 12.9. The Kier molecular flexibility index (Phi) is 4.65. The highest BCUT2D eigenvalue weighted by atomic mass is 16.4. The minimum Gasteiger partial charge on any atom is -0.480 e. The van der Waals surface area contributed by atoms with Gasteiger partial charge in [-0.2, -0.15) is 0 Å². The monoisotopic (exact) mass is 323 g/mol. The van der Waals surface area contributed by atoms with Crippen molar-refractivity contribution < 1.29 is 14.7 Å². The second-order valence-electron chi connectivity index (χ2n) is 6.15. The number of fused-ring (bicyclic) bond motifs is 3. The van der Waals surface area contributed by atoms with Crippen LogP contribution in [-0.2, 0) is 9.59 Å². The van der Waals surface area contributed by atoms with Gasteiger partial charge in [0.1, 0.15) is 6.04 Å². The van der Waals surface area contributed by atoms with Gasteiger partial charge in [-0.3, -0.25) is 4.79 Å². The number of nitrogens with one attached hydrogen (secondary N) is 1. The number of carbonyl (C=O) groups excluding carboxylic acids is 1. The third kappa shape index (κ3) is 2.92. The van der Waals surface area contributed by atoms with E-state index in [2.05, 4.69) is 5.32 Å². The van der Waals surface area contributed by atoms with Crippen molar-refractivity contribution in [3.05, 3.63) is 59.7 Å². The fourth-order valence-electron chi connectivity index (χ4n) is 3.36. The van der Waals surface area contributed by atoms with Crippen molar-refractivity contribution in [3.63, 3.8) is 0 Å². The first-order valence-electron chi connectivity index (χ1n) is 8.35. The van der Waals surface area contributed by atoms with Gasteiger partial charge in [-0.05, 0) is 28.7 Å². The Labute approximate surface area is 141 Å². The van der Waals surface area contributed by atoms with Gasteiger partial charge < -0.3 is 10.4 Å². The molecule has 0 spiro atoms. The van der Waals surface area contributed by atoms with Crippen molar-refractivity contribution in [3.8, 4) is 11.1 Å². The molecule has 0 unspecified atom stereocenters. The topological polar surface area (TPSA) is 66.4 Å². The molecule has 1 aliphatic carbocycles. The second-order valence-corrected chi connectivity index (χ2v) is 6.15. The molecule has 2 aromatic carbocycles. The number of carboxylic acid groups (broad SMARTS) is 1. The van der Waals surface area contributed by atoms with Gasteiger partial charge in [0, 0.05) is 0 Å². The number of hydrogen-bond acceptors (Lipinski definition) is 2. The fourth-order valence-corrected chi connectivity index (χ4v) is 3.36. The maximum Gasteiger partial charge on any atom is 0.326 e. The highest BCUT2D eigenvalue weighted by Crippen LogP contribution is 2.44. The van der Waals surface area contributed by atoms with E-state index in [9.17, 15) is 14.7 Å². The predicted molar refractivity (Wildman–Crippen MR) is 92.8 cm³/mol. The van der Waals surface area contributed by atoms with Crippen LogP contribution >= 0.6 is 0 Å². The van der Waals surface area contributed by atoms with Gasteiger partial charge in [0.05, 0.1) is 5.92 Å². The molecule has 4 heteroatoms. The van der Waals surface area contributed by atoms with Crippen molar-refractivity contribution in [1.29, 1.82) is 0 Å². The SMILES string of the molecule is CCCC[C@H](NC(=O)C1c2ccccc2-c2ccccc21)C(=O)O. The molecule has 0 radical (unpaired) electrons. The first kappa shape index (κ1) is 16.2. The minimum atomic E-state index is -0.976. The standard InChI is InChI=1S/C20H21NO3/c1-2-3-12-17(20(23)24)21-19(22)18-15-10-6-4-8-13(15)14-9-5-7-11-16(14)18/h4-11,17-18H,2-3,12H2,1H3,(H,21,22)(H,23,24)/t17-/m0/s1. The summed E-state index contributed by atoms with van der Waals surface area (Å²) in [5.74, 6) is -1.66. The number of unbranched alkanes of at least 4 members (excludes halogenated alkanes) is 1. The van der Waals surface area contributed by atoms with Gasteiger partial charge in [-0.25, -0.2) is 4.79 Å². The number of benzene rings is 2. The summed E-state index contributed by atoms with van der Waals surface area (Å²) >= 11 is 0. The lowest BCUT2D eigenvalue weighted by Gasteiger charge is -2.18. The molecule has 0 fully saturated rings. The summed E-state index contributed by atoms with van der Waals surface area (Å²) < 4.78 is 0. The molecule has 1 atom stereocenters. The molecule has 4 nitrogen and oxygen atoms in total. The van der Waals surface area contributed by atoms with E-state index in [1.54, 1.807) is 0 Å². The lowest BCUT2D eigenvalue weighted by molar-refractivity contribution is -0.142. The Morgan fingerprint density at radius 3 is 2.08 bits per heavy atom. The van der Waals surface area contributed by atoms with Gasteiger partial charge in [0.2, 0.25) is 5.91 Å². The van der Waals surface area contributed by atoms with E-state index >= 15 is 0 Å². The van der Waals surface area contributed by atoms with Crippen LogP contribution in [0, 0.1) is 0 Å². The molecule has 124 valence electrons. The molecule has 0 aliphatic heterocycles. The van der Waals surface area contributed by atoms with Gasteiger partial charge in [-0.1, -0.05) is 68.3 Å². The number of amides is 1. The van der Waals surface area contributed by atoms with Crippen molar-refractivity contribution in [2.24, 2.45) is 0 Å². The fraction of sp³-hybridized carbons (Fsp3) is 0.300. The Bertz CT molecular complexity index is 723. The maximum absolute atomic E-state index is 12.9.